The zero-order chi connectivity index (χ0) is 15.4. The van der Waals surface area contributed by atoms with E-state index < -0.39 is 4.92 Å². The first-order valence-corrected chi connectivity index (χ1v) is 6.83. The van der Waals surface area contributed by atoms with Crippen molar-refractivity contribution in [2.24, 2.45) is 5.92 Å². The lowest BCUT2D eigenvalue weighted by molar-refractivity contribution is -0.384. The molecule has 1 saturated heterocycles. The van der Waals surface area contributed by atoms with E-state index in [2.05, 4.69) is 5.32 Å². The molecular formula is C14H20ClN3O4. The number of carbonyl (C=O) groups is 1. The molecule has 7 nitrogen and oxygen atoms in total. The van der Waals surface area contributed by atoms with Crippen LogP contribution in [0.5, 0.6) is 5.75 Å². The molecule has 8 heteroatoms. The van der Waals surface area contributed by atoms with Gasteiger partial charge in [-0.05, 0) is 32.0 Å². The second-order valence-electron chi connectivity index (χ2n) is 5.11. The lowest BCUT2D eigenvalue weighted by Gasteiger charge is -2.18. The number of ether oxygens (including phenoxy) is 1. The second kappa shape index (κ2) is 7.95. The molecule has 1 aromatic carbocycles. The number of likely N-dealkylation sites (tertiary alicyclic amines) is 1. The third-order valence-electron chi connectivity index (χ3n) is 3.69. The molecule has 122 valence electrons. The SMILES string of the molecule is CNCC1CCN(C(=O)c2cc([N+](=O)[O-])ccc2OC)C1.Cl. The number of benzene rings is 1. The van der Waals surface area contributed by atoms with Gasteiger partial charge in [0.05, 0.1) is 17.6 Å². The van der Waals surface area contributed by atoms with Crippen molar-refractivity contribution in [2.45, 2.75) is 6.42 Å². The van der Waals surface area contributed by atoms with Crippen LogP contribution in [0.3, 0.4) is 0 Å². The Kier molecular flexibility index (Phi) is 6.58. The fraction of sp³-hybridized carbons (Fsp3) is 0.500. The normalized spacial score (nSPS) is 17.0. The van der Waals surface area contributed by atoms with Crippen molar-refractivity contribution in [3.63, 3.8) is 0 Å². The van der Waals surface area contributed by atoms with E-state index in [9.17, 15) is 14.9 Å². The predicted molar refractivity (Wildman–Crippen MR) is 84.8 cm³/mol. The van der Waals surface area contributed by atoms with Gasteiger partial charge in [-0.15, -0.1) is 12.4 Å². The highest BCUT2D eigenvalue weighted by Crippen LogP contribution is 2.27. The molecule has 1 aliphatic rings. The van der Waals surface area contributed by atoms with Crippen molar-refractivity contribution in [3.8, 4) is 5.75 Å². The van der Waals surface area contributed by atoms with Crippen LogP contribution in [-0.2, 0) is 0 Å². The van der Waals surface area contributed by atoms with E-state index in [1.807, 2.05) is 7.05 Å². The summed E-state index contributed by atoms with van der Waals surface area (Å²) in [5.41, 5.74) is 0.141. The maximum Gasteiger partial charge on any atom is 0.270 e. The lowest BCUT2D eigenvalue weighted by atomic mass is 10.1. The quantitative estimate of drug-likeness (QED) is 0.656. The average Bonchev–Trinajstić information content (AvgIpc) is 2.94. The van der Waals surface area contributed by atoms with Gasteiger partial charge < -0.3 is 15.0 Å². The van der Waals surface area contributed by atoms with Gasteiger partial charge in [-0.3, -0.25) is 14.9 Å². The van der Waals surface area contributed by atoms with Crippen LogP contribution in [-0.4, -0.2) is 49.5 Å². The molecule has 0 aromatic heterocycles. The molecular weight excluding hydrogens is 310 g/mol. The van der Waals surface area contributed by atoms with Crippen molar-refractivity contribution in [2.75, 3.05) is 33.8 Å². The molecule has 0 aliphatic carbocycles. The summed E-state index contributed by atoms with van der Waals surface area (Å²) in [5.74, 6) is 0.570. The van der Waals surface area contributed by atoms with Crippen LogP contribution in [0.2, 0.25) is 0 Å². The Labute approximate surface area is 135 Å². The fourth-order valence-electron chi connectivity index (χ4n) is 2.62. The highest BCUT2D eigenvalue weighted by atomic mass is 35.5. The van der Waals surface area contributed by atoms with Gasteiger partial charge in [0.15, 0.2) is 0 Å². The molecule has 0 spiro atoms. The van der Waals surface area contributed by atoms with Gasteiger partial charge in [-0.2, -0.15) is 0 Å². The Morgan fingerprint density at radius 2 is 2.27 bits per heavy atom. The number of nitrogens with zero attached hydrogens (tertiary/aromatic N) is 2. The smallest absolute Gasteiger partial charge is 0.270 e. The Morgan fingerprint density at radius 1 is 1.55 bits per heavy atom. The molecule has 0 saturated carbocycles. The summed E-state index contributed by atoms with van der Waals surface area (Å²) in [4.78, 5) is 24.6. The second-order valence-corrected chi connectivity index (χ2v) is 5.11. The molecule has 1 aromatic rings. The number of rotatable bonds is 5. The monoisotopic (exact) mass is 329 g/mol. The Bertz CT molecular complexity index is 553. The van der Waals surface area contributed by atoms with Gasteiger partial charge in [-0.25, -0.2) is 0 Å². The van der Waals surface area contributed by atoms with E-state index in [4.69, 9.17) is 4.74 Å². The summed E-state index contributed by atoms with van der Waals surface area (Å²) in [6.45, 7) is 2.18. The number of methoxy groups -OCH3 is 1. The number of nitro groups is 1. The summed E-state index contributed by atoms with van der Waals surface area (Å²) >= 11 is 0. The first kappa shape index (κ1) is 18.2. The highest BCUT2D eigenvalue weighted by molar-refractivity contribution is 5.97. The van der Waals surface area contributed by atoms with Gasteiger partial charge in [0, 0.05) is 25.2 Å². The number of hydrogen-bond donors (Lipinski definition) is 1. The standard InChI is InChI=1S/C14H19N3O4.ClH/c1-15-8-10-5-6-16(9-10)14(18)12-7-11(17(19)20)3-4-13(12)21-2;/h3-4,7,10,15H,5-6,8-9H2,1-2H3;1H. The van der Waals surface area contributed by atoms with Crippen LogP contribution in [0.4, 0.5) is 5.69 Å². The molecule has 1 N–H and O–H groups in total. The maximum atomic E-state index is 12.6. The van der Waals surface area contributed by atoms with Crippen LogP contribution in [0.1, 0.15) is 16.8 Å². The molecule has 1 unspecified atom stereocenters. The van der Waals surface area contributed by atoms with Crippen LogP contribution in [0.15, 0.2) is 18.2 Å². The summed E-state index contributed by atoms with van der Waals surface area (Å²) in [6.07, 6.45) is 0.934. The van der Waals surface area contributed by atoms with Crippen LogP contribution in [0.25, 0.3) is 0 Å². The van der Waals surface area contributed by atoms with Crippen LogP contribution in [0, 0.1) is 16.0 Å². The maximum absolute atomic E-state index is 12.6. The molecule has 1 aliphatic heterocycles. The average molecular weight is 330 g/mol. The molecule has 1 heterocycles. The lowest BCUT2D eigenvalue weighted by Crippen LogP contribution is -2.30. The summed E-state index contributed by atoms with van der Waals surface area (Å²) in [5, 5.41) is 14.0. The summed E-state index contributed by atoms with van der Waals surface area (Å²) < 4.78 is 5.15. The first-order valence-electron chi connectivity index (χ1n) is 6.83. The van der Waals surface area contributed by atoms with Gasteiger partial charge in [-0.1, -0.05) is 0 Å². The van der Waals surface area contributed by atoms with E-state index in [-0.39, 0.29) is 29.6 Å². The van der Waals surface area contributed by atoms with E-state index in [0.717, 1.165) is 13.0 Å². The van der Waals surface area contributed by atoms with Gasteiger partial charge in [0.2, 0.25) is 0 Å². The number of non-ortho nitro benzene ring substituents is 1. The topological polar surface area (TPSA) is 84.7 Å². The molecule has 1 amide bonds. The van der Waals surface area contributed by atoms with Gasteiger partial charge >= 0.3 is 0 Å². The third kappa shape index (κ3) is 3.86. The molecule has 22 heavy (non-hydrogen) atoms. The minimum Gasteiger partial charge on any atom is -0.496 e. The zero-order valence-electron chi connectivity index (χ0n) is 12.6. The van der Waals surface area contributed by atoms with E-state index in [0.29, 0.717) is 24.8 Å². The number of hydrogen-bond acceptors (Lipinski definition) is 5. The van der Waals surface area contributed by atoms with Crippen molar-refractivity contribution >= 4 is 24.0 Å². The van der Waals surface area contributed by atoms with Crippen molar-refractivity contribution < 1.29 is 14.5 Å². The number of amides is 1. The highest BCUT2D eigenvalue weighted by Gasteiger charge is 2.29. The van der Waals surface area contributed by atoms with E-state index in [1.165, 1.54) is 25.3 Å². The van der Waals surface area contributed by atoms with Gasteiger partial charge in [0.1, 0.15) is 5.75 Å². The first-order chi connectivity index (χ1) is 10.1. The molecule has 0 bridgehead atoms. The predicted octanol–water partition coefficient (Wildman–Crippen LogP) is 1.71. The van der Waals surface area contributed by atoms with Crippen LogP contribution >= 0.6 is 12.4 Å². The number of halogens is 1. The van der Waals surface area contributed by atoms with Crippen molar-refractivity contribution in [1.82, 2.24) is 10.2 Å². The van der Waals surface area contributed by atoms with Crippen molar-refractivity contribution in [1.29, 1.82) is 0 Å². The Hall–Kier alpha value is -1.86. The van der Waals surface area contributed by atoms with Gasteiger partial charge in [0.25, 0.3) is 11.6 Å². The fourth-order valence-corrected chi connectivity index (χ4v) is 2.62. The molecule has 2 rings (SSSR count). The summed E-state index contributed by atoms with van der Waals surface area (Å²) in [6, 6.07) is 4.09. The van der Waals surface area contributed by atoms with E-state index >= 15 is 0 Å². The molecule has 1 fully saturated rings. The third-order valence-corrected chi connectivity index (χ3v) is 3.69. The largest absolute Gasteiger partial charge is 0.496 e. The Morgan fingerprint density at radius 3 is 2.86 bits per heavy atom. The van der Waals surface area contributed by atoms with Crippen LogP contribution < -0.4 is 10.1 Å². The minimum absolute atomic E-state index is 0. The zero-order valence-corrected chi connectivity index (χ0v) is 13.4. The number of nitro benzene ring substituents is 1. The van der Waals surface area contributed by atoms with E-state index in [1.54, 1.807) is 4.90 Å². The Balaban J connectivity index is 0.00000242. The minimum atomic E-state index is -0.510. The molecule has 1 atom stereocenters. The number of carbonyl (C=O) groups excluding carboxylic acids is 1. The number of nitrogens with one attached hydrogen (secondary N) is 1. The van der Waals surface area contributed by atoms with Crippen molar-refractivity contribution in [3.05, 3.63) is 33.9 Å². The summed E-state index contributed by atoms with van der Waals surface area (Å²) in [7, 11) is 3.33. The molecule has 0 radical (unpaired) electrons.